The lowest BCUT2D eigenvalue weighted by Crippen LogP contribution is -2.51. The van der Waals surface area contributed by atoms with Crippen LogP contribution >= 0.6 is 23.8 Å². The summed E-state index contributed by atoms with van der Waals surface area (Å²) in [6, 6.07) is 13.7. The van der Waals surface area contributed by atoms with Crippen LogP contribution in [0.1, 0.15) is 0 Å². The smallest absolute Gasteiger partial charge is 0.264 e. The Balaban J connectivity index is 1.34. The van der Waals surface area contributed by atoms with E-state index in [9.17, 15) is 16.8 Å². The predicted octanol–water partition coefficient (Wildman–Crippen LogP) is 2.63. The normalized spacial score (nSPS) is 14.9. The van der Waals surface area contributed by atoms with Crippen LogP contribution < -0.4 is 10.0 Å². The van der Waals surface area contributed by atoms with Crippen molar-refractivity contribution >= 4 is 60.6 Å². The van der Waals surface area contributed by atoms with Crippen LogP contribution in [0, 0.1) is 0 Å². The summed E-state index contributed by atoms with van der Waals surface area (Å²) in [6.07, 6.45) is 2.87. The highest BCUT2D eigenvalue weighted by Crippen LogP contribution is 2.21. The molecule has 35 heavy (non-hydrogen) atoms. The Morgan fingerprint density at radius 1 is 0.857 bits per heavy atom. The van der Waals surface area contributed by atoms with E-state index in [0.717, 1.165) is 0 Å². The van der Waals surface area contributed by atoms with Crippen molar-refractivity contribution in [3.05, 3.63) is 72.0 Å². The van der Waals surface area contributed by atoms with E-state index in [1.54, 1.807) is 30.3 Å². The van der Waals surface area contributed by atoms with E-state index in [0.29, 0.717) is 28.9 Å². The van der Waals surface area contributed by atoms with Crippen molar-refractivity contribution in [1.29, 1.82) is 0 Å². The first-order chi connectivity index (χ1) is 16.6. The summed E-state index contributed by atoms with van der Waals surface area (Å²) >= 11 is 11.3. The molecule has 184 valence electrons. The third kappa shape index (κ3) is 6.05. The second-order valence-electron chi connectivity index (χ2n) is 7.48. The van der Waals surface area contributed by atoms with Gasteiger partial charge in [-0.1, -0.05) is 11.6 Å². The maximum absolute atomic E-state index is 12.8. The van der Waals surface area contributed by atoms with Crippen molar-refractivity contribution in [2.75, 3.05) is 36.2 Å². The van der Waals surface area contributed by atoms with Crippen LogP contribution in [0.25, 0.3) is 0 Å². The second-order valence-corrected chi connectivity index (χ2v) is 11.9. The Kier molecular flexibility index (Phi) is 7.52. The van der Waals surface area contributed by atoms with Gasteiger partial charge >= 0.3 is 0 Å². The van der Waals surface area contributed by atoms with E-state index < -0.39 is 20.0 Å². The van der Waals surface area contributed by atoms with Crippen LogP contribution in [0.3, 0.4) is 0 Å². The molecule has 0 spiro atoms. The van der Waals surface area contributed by atoms with Gasteiger partial charge in [0.05, 0.1) is 9.79 Å². The first-order valence-electron chi connectivity index (χ1n) is 10.4. The molecule has 0 bridgehead atoms. The molecule has 2 N–H and O–H groups in total. The number of hydrogen-bond donors (Lipinski definition) is 2. The summed E-state index contributed by atoms with van der Waals surface area (Å²) < 4.78 is 54.4. The minimum atomic E-state index is -3.84. The SMILES string of the molecule is O=S(=O)(Nc1ncccn1)c1ccc(NC(=S)N2CCN(S(=O)(=O)c3ccc(Cl)cc3)CC2)cc1. The second kappa shape index (κ2) is 10.4. The molecule has 3 aromatic rings. The lowest BCUT2D eigenvalue weighted by Gasteiger charge is -2.35. The van der Waals surface area contributed by atoms with Crippen LogP contribution in [-0.2, 0) is 20.0 Å². The minimum Gasteiger partial charge on any atom is -0.346 e. The fourth-order valence-electron chi connectivity index (χ4n) is 3.34. The number of thiocarbonyl (C=S) groups is 1. The van der Waals surface area contributed by atoms with Crippen LogP contribution in [0.5, 0.6) is 0 Å². The number of nitrogens with one attached hydrogen (secondary N) is 2. The zero-order valence-corrected chi connectivity index (χ0v) is 21.4. The van der Waals surface area contributed by atoms with E-state index in [-0.39, 0.29) is 28.8 Å². The molecule has 0 atom stereocenters. The zero-order chi connectivity index (χ0) is 25.1. The highest BCUT2D eigenvalue weighted by Gasteiger charge is 2.29. The zero-order valence-electron chi connectivity index (χ0n) is 18.2. The van der Waals surface area contributed by atoms with Crippen LogP contribution in [0.2, 0.25) is 5.02 Å². The van der Waals surface area contributed by atoms with Crippen molar-refractivity contribution in [2.24, 2.45) is 0 Å². The van der Waals surface area contributed by atoms with E-state index in [2.05, 4.69) is 20.0 Å². The quantitative estimate of drug-likeness (QED) is 0.444. The number of anilines is 2. The summed E-state index contributed by atoms with van der Waals surface area (Å²) in [5, 5.41) is 3.95. The average Bonchev–Trinajstić information content (AvgIpc) is 2.85. The molecule has 0 aliphatic carbocycles. The largest absolute Gasteiger partial charge is 0.346 e. The highest BCUT2D eigenvalue weighted by atomic mass is 35.5. The highest BCUT2D eigenvalue weighted by molar-refractivity contribution is 7.92. The van der Waals surface area contributed by atoms with E-state index >= 15 is 0 Å². The molecule has 0 saturated carbocycles. The molecule has 10 nitrogen and oxygen atoms in total. The summed E-state index contributed by atoms with van der Waals surface area (Å²) in [5.41, 5.74) is 0.598. The fourth-order valence-corrected chi connectivity index (χ4v) is 6.14. The molecule has 2 aromatic carbocycles. The van der Waals surface area contributed by atoms with Gasteiger partial charge in [-0.05, 0) is 66.8 Å². The molecule has 2 heterocycles. The predicted molar refractivity (Wildman–Crippen MR) is 137 cm³/mol. The molecule has 1 aliphatic rings. The molecule has 4 rings (SSSR count). The third-order valence-electron chi connectivity index (χ3n) is 5.18. The van der Waals surface area contributed by atoms with Crippen molar-refractivity contribution in [1.82, 2.24) is 19.2 Å². The standard InChI is InChI=1S/C21H21ClN6O4S3/c22-16-2-6-19(7-3-16)35(31,32)28-14-12-27(13-15-28)21(33)25-17-4-8-18(9-5-17)34(29,30)26-20-23-10-1-11-24-20/h1-11H,12-15H2,(H,25,33)(H,23,24,26). The van der Waals surface area contributed by atoms with Crippen molar-refractivity contribution in [3.63, 3.8) is 0 Å². The van der Waals surface area contributed by atoms with Crippen LogP contribution in [0.4, 0.5) is 11.6 Å². The molecule has 1 saturated heterocycles. The number of nitrogens with zero attached hydrogens (tertiary/aromatic N) is 4. The van der Waals surface area contributed by atoms with E-state index in [4.69, 9.17) is 23.8 Å². The van der Waals surface area contributed by atoms with Crippen molar-refractivity contribution in [3.8, 4) is 0 Å². The number of piperazine rings is 1. The topological polar surface area (TPSA) is 125 Å². The molecule has 0 unspecified atom stereocenters. The Labute approximate surface area is 214 Å². The number of halogens is 1. The van der Waals surface area contributed by atoms with Crippen LogP contribution in [0.15, 0.2) is 76.8 Å². The molecule has 1 fully saturated rings. The van der Waals surface area contributed by atoms with Crippen molar-refractivity contribution in [2.45, 2.75) is 9.79 Å². The van der Waals surface area contributed by atoms with Gasteiger partial charge in [0.1, 0.15) is 0 Å². The maximum atomic E-state index is 12.8. The summed E-state index contributed by atoms with van der Waals surface area (Å²) in [5.74, 6) is -0.0203. The minimum absolute atomic E-state index is 0.0203. The van der Waals surface area contributed by atoms with Crippen LogP contribution in [-0.4, -0.2) is 67.3 Å². The van der Waals surface area contributed by atoms with Gasteiger partial charge in [-0.3, -0.25) is 0 Å². The molecule has 0 amide bonds. The Morgan fingerprint density at radius 2 is 1.43 bits per heavy atom. The number of rotatable bonds is 6. The van der Waals surface area contributed by atoms with Gasteiger partial charge in [0.2, 0.25) is 16.0 Å². The summed E-state index contributed by atoms with van der Waals surface area (Å²) in [4.78, 5) is 9.81. The lowest BCUT2D eigenvalue weighted by molar-refractivity contribution is 0.268. The number of hydrogen-bond acceptors (Lipinski definition) is 7. The molecule has 1 aromatic heterocycles. The Morgan fingerprint density at radius 3 is 2.03 bits per heavy atom. The summed E-state index contributed by atoms with van der Waals surface area (Å²) in [6.45, 7) is 1.37. The average molecular weight is 553 g/mol. The van der Waals surface area contributed by atoms with Gasteiger partial charge in [-0.25, -0.2) is 31.5 Å². The first-order valence-corrected chi connectivity index (χ1v) is 14.1. The number of benzene rings is 2. The fraction of sp³-hybridized carbons (Fsp3) is 0.190. The third-order valence-corrected chi connectivity index (χ3v) is 9.05. The molecule has 1 aliphatic heterocycles. The molecular weight excluding hydrogens is 532 g/mol. The van der Waals surface area contributed by atoms with Gasteiger partial charge in [-0.2, -0.15) is 4.31 Å². The number of sulfonamides is 2. The van der Waals surface area contributed by atoms with Gasteiger partial charge < -0.3 is 10.2 Å². The Hall–Kier alpha value is -2.84. The van der Waals surface area contributed by atoms with Gasteiger partial charge in [-0.15, -0.1) is 0 Å². The van der Waals surface area contributed by atoms with E-state index in [1.807, 2.05) is 4.90 Å². The maximum Gasteiger partial charge on any atom is 0.264 e. The van der Waals surface area contributed by atoms with Crippen molar-refractivity contribution < 1.29 is 16.8 Å². The van der Waals surface area contributed by atoms with E-state index in [1.165, 1.54) is 41.0 Å². The Bertz CT molecular complexity index is 1400. The van der Waals surface area contributed by atoms with Gasteiger partial charge in [0.15, 0.2) is 5.11 Å². The first kappa shape index (κ1) is 25.3. The van der Waals surface area contributed by atoms with Gasteiger partial charge in [0.25, 0.3) is 10.0 Å². The monoisotopic (exact) mass is 552 g/mol. The lowest BCUT2D eigenvalue weighted by atomic mass is 10.3. The summed E-state index contributed by atoms with van der Waals surface area (Å²) in [7, 11) is -7.46. The molecule has 0 radical (unpaired) electrons. The number of aromatic nitrogens is 2. The van der Waals surface area contributed by atoms with Gasteiger partial charge in [0, 0.05) is 49.3 Å². The molecule has 14 heteroatoms. The molecular formula is C21H21ClN6O4S3.